The molecule has 1 amide bonds. The van der Waals surface area contributed by atoms with Gasteiger partial charge in [0.2, 0.25) is 5.91 Å². The minimum atomic E-state index is -0.441. The van der Waals surface area contributed by atoms with Gasteiger partial charge >= 0.3 is 5.97 Å². The Balaban J connectivity index is 1.50. The van der Waals surface area contributed by atoms with Gasteiger partial charge in [-0.15, -0.1) is 11.3 Å². The van der Waals surface area contributed by atoms with Crippen LogP contribution in [0.15, 0.2) is 4.52 Å². The van der Waals surface area contributed by atoms with Crippen molar-refractivity contribution in [1.29, 1.82) is 0 Å². The van der Waals surface area contributed by atoms with Crippen LogP contribution in [-0.2, 0) is 29.0 Å². The van der Waals surface area contributed by atoms with Gasteiger partial charge in [0.1, 0.15) is 5.00 Å². The van der Waals surface area contributed by atoms with E-state index in [9.17, 15) is 9.59 Å². The van der Waals surface area contributed by atoms with Crippen molar-refractivity contribution in [2.75, 3.05) is 5.32 Å². The van der Waals surface area contributed by atoms with Crippen molar-refractivity contribution in [1.82, 2.24) is 10.1 Å². The van der Waals surface area contributed by atoms with E-state index in [1.165, 1.54) is 22.6 Å². The molecule has 8 heteroatoms. The molecule has 0 bridgehead atoms. The highest BCUT2D eigenvalue weighted by Crippen LogP contribution is 2.40. The number of thiophene rings is 1. The zero-order valence-corrected chi connectivity index (χ0v) is 16.2. The smallest absolute Gasteiger partial charge is 0.341 e. The summed E-state index contributed by atoms with van der Waals surface area (Å²) < 4.78 is 10.4. The van der Waals surface area contributed by atoms with E-state index in [4.69, 9.17) is 9.26 Å². The van der Waals surface area contributed by atoms with E-state index in [2.05, 4.69) is 15.5 Å². The third kappa shape index (κ3) is 3.90. The maximum atomic E-state index is 12.8. The molecule has 0 atom stereocenters. The summed E-state index contributed by atoms with van der Waals surface area (Å²) in [6, 6.07) is 0. The Kier molecular flexibility index (Phi) is 5.24. The summed E-state index contributed by atoms with van der Waals surface area (Å²) in [5.74, 6) is 0.389. The number of anilines is 1. The van der Waals surface area contributed by atoms with Crippen LogP contribution in [-0.4, -0.2) is 22.0 Å². The van der Waals surface area contributed by atoms with Crippen LogP contribution in [0.25, 0.3) is 0 Å². The van der Waals surface area contributed by atoms with Crippen molar-refractivity contribution in [3.63, 3.8) is 0 Å². The van der Waals surface area contributed by atoms with Crippen molar-refractivity contribution >= 4 is 28.2 Å². The molecule has 1 N–H and O–H groups in total. The summed E-state index contributed by atoms with van der Waals surface area (Å²) in [5.41, 5.74) is 1.53. The summed E-state index contributed by atoms with van der Waals surface area (Å²) >= 11 is 1.51. The van der Waals surface area contributed by atoms with Gasteiger partial charge in [0, 0.05) is 10.8 Å². The maximum absolute atomic E-state index is 12.8. The first-order chi connectivity index (χ1) is 13.1. The van der Waals surface area contributed by atoms with E-state index in [-0.39, 0.29) is 24.3 Å². The number of carbonyl (C=O) groups excluding carboxylic acids is 2. The van der Waals surface area contributed by atoms with Crippen LogP contribution in [0.5, 0.6) is 0 Å². The second-order valence-corrected chi connectivity index (χ2v) is 8.30. The lowest BCUT2D eigenvalue weighted by molar-refractivity contribution is -0.120. The number of nitrogens with zero attached hydrogens (tertiary/aromatic N) is 2. The number of carbonyl (C=O) groups is 2. The van der Waals surface area contributed by atoms with Crippen LogP contribution < -0.4 is 5.32 Å². The minimum absolute atomic E-state index is 0.0243. The number of rotatable bonds is 5. The van der Waals surface area contributed by atoms with Gasteiger partial charge in [-0.25, -0.2) is 4.79 Å². The highest BCUT2D eigenvalue weighted by atomic mass is 32.1. The van der Waals surface area contributed by atoms with E-state index in [0.717, 1.165) is 50.5 Å². The van der Waals surface area contributed by atoms with Gasteiger partial charge < -0.3 is 14.6 Å². The Hall–Kier alpha value is -2.22. The fourth-order valence-electron chi connectivity index (χ4n) is 3.89. The maximum Gasteiger partial charge on any atom is 0.341 e. The molecule has 0 aromatic carbocycles. The van der Waals surface area contributed by atoms with Gasteiger partial charge in [0.15, 0.2) is 12.4 Å². The number of esters is 1. The lowest BCUT2D eigenvalue weighted by atomic mass is 9.89. The quantitative estimate of drug-likeness (QED) is 0.782. The monoisotopic (exact) mass is 389 g/mol. The molecule has 0 saturated heterocycles. The number of fused-ring (bicyclic) bond motifs is 1. The number of nitrogens with one attached hydrogen (secondary N) is 1. The number of amides is 1. The Morgan fingerprint density at radius 1 is 1.22 bits per heavy atom. The summed E-state index contributed by atoms with van der Waals surface area (Å²) in [5, 5.41) is 7.34. The molecule has 7 nitrogen and oxygen atoms in total. The van der Waals surface area contributed by atoms with E-state index in [1.807, 2.05) is 0 Å². The van der Waals surface area contributed by atoms with Gasteiger partial charge in [-0.2, -0.15) is 4.98 Å². The molecule has 0 radical (unpaired) electrons. The minimum Gasteiger partial charge on any atom is -0.452 e. The summed E-state index contributed by atoms with van der Waals surface area (Å²) in [6.07, 6.45) is 8.05. The molecule has 4 rings (SSSR count). The van der Waals surface area contributed by atoms with Crippen molar-refractivity contribution in [2.24, 2.45) is 5.92 Å². The lowest BCUT2D eigenvalue weighted by Crippen LogP contribution is -2.25. The topological polar surface area (TPSA) is 94.3 Å². The normalized spacial score (nSPS) is 16.9. The first-order valence-electron chi connectivity index (χ1n) is 9.53. The number of hydrogen-bond acceptors (Lipinski definition) is 7. The predicted molar refractivity (Wildman–Crippen MR) is 99.7 cm³/mol. The summed E-state index contributed by atoms with van der Waals surface area (Å²) in [4.78, 5) is 30.7. The molecule has 2 heterocycles. The Morgan fingerprint density at radius 3 is 2.78 bits per heavy atom. The molecule has 0 spiro atoms. The fourth-order valence-corrected chi connectivity index (χ4v) is 5.17. The van der Waals surface area contributed by atoms with Crippen molar-refractivity contribution in [2.45, 2.75) is 64.9 Å². The number of ether oxygens (including phenoxy) is 1. The summed E-state index contributed by atoms with van der Waals surface area (Å²) in [6.45, 7) is 1.64. The second kappa shape index (κ2) is 7.80. The average molecular weight is 389 g/mol. The zero-order chi connectivity index (χ0) is 18.8. The van der Waals surface area contributed by atoms with Gasteiger partial charge in [0.05, 0.1) is 5.56 Å². The molecule has 2 aromatic heterocycles. The van der Waals surface area contributed by atoms with Crippen molar-refractivity contribution in [3.05, 3.63) is 27.7 Å². The molecular formula is C19H23N3O4S. The molecule has 0 unspecified atom stereocenters. The Bertz CT molecular complexity index is 851. The summed E-state index contributed by atoms with van der Waals surface area (Å²) in [7, 11) is 0. The van der Waals surface area contributed by atoms with E-state index in [0.29, 0.717) is 16.4 Å². The Labute approximate surface area is 161 Å². The zero-order valence-electron chi connectivity index (χ0n) is 15.4. The van der Waals surface area contributed by atoms with E-state index < -0.39 is 5.97 Å². The van der Waals surface area contributed by atoms with Crippen LogP contribution in [0.1, 0.15) is 71.0 Å². The van der Waals surface area contributed by atoms with Gasteiger partial charge in [-0.3, -0.25) is 4.79 Å². The SMILES string of the molecule is Cc1noc(COC(=O)c2c(NC(=O)C3CCCCC3)sc3c2CCC3)n1. The number of hydrogen-bond donors (Lipinski definition) is 1. The first-order valence-corrected chi connectivity index (χ1v) is 10.3. The van der Waals surface area contributed by atoms with E-state index in [1.54, 1.807) is 6.92 Å². The first kappa shape index (κ1) is 18.2. The number of aryl methyl sites for hydroxylation is 2. The van der Waals surface area contributed by atoms with Crippen LogP contribution in [0.4, 0.5) is 5.00 Å². The lowest BCUT2D eigenvalue weighted by Gasteiger charge is -2.20. The molecule has 1 fully saturated rings. The average Bonchev–Trinajstić information content (AvgIpc) is 3.36. The predicted octanol–water partition coefficient (Wildman–Crippen LogP) is 3.80. The molecule has 27 heavy (non-hydrogen) atoms. The molecule has 144 valence electrons. The van der Waals surface area contributed by atoms with Crippen LogP contribution in [0.3, 0.4) is 0 Å². The van der Waals surface area contributed by atoms with Gasteiger partial charge in [-0.1, -0.05) is 24.4 Å². The van der Waals surface area contributed by atoms with Crippen molar-refractivity contribution in [3.8, 4) is 0 Å². The molecular weight excluding hydrogens is 366 g/mol. The van der Waals surface area contributed by atoms with Crippen LogP contribution in [0.2, 0.25) is 0 Å². The Morgan fingerprint density at radius 2 is 2.04 bits per heavy atom. The fraction of sp³-hybridized carbons (Fsp3) is 0.579. The third-order valence-electron chi connectivity index (χ3n) is 5.23. The number of aromatic nitrogens is 2. The third-order valence-corrected chi connectivity index (χ3v) is 6.44. The highest BCUT2D eigenvalue weighted by Gasteiger charge is 2.30. The van der Waals surface area contributed by atoms with Gasteiger partial charge in [-0.05, 0) is 44.6 Å². The highest BCUT2D eigenvalue weighted by molar-refractivity contribution is 7.17. The van der Waals surface area contributed by atoms with Crippen LogP contribution in [0, 0.1) is 12.8 Å². The van der Waals surface area contributed by atoms with Crippen molar-refractivity contribution < 1.29 is 18.8 Å². The molecule has 0 aliphatic heterocycles. The molecule has 2 aliphatic carbocycles. The molecule has 1 saturated carbocycles. The largest absolute Gasteiger partial charge is 0.452 e. The van der Waals surface area contributed by atoms with E-state index >= 15 is 0 Å². The van der Waals surface area contributed by atoms with Crippen LogP contribution >= 0.6 is 11.3 Å². The second-order valence-electron chi connectivity index (χ2n) is 7.20. The molecule has 2 aromatic rings. The standard InChI is InChI=1S/C19H23N3O4S/c1-11-20-15(26-22-11)10-25-19(24)16-13-8-5-9-14(13)27-18(16)21-17(23)12-6-3-2-4-7-12/h12H,2-10H2,1H3,(H,21,23). The van der Waals surface area contributed by atoms with Gasteiger partial charge in [0.25, 0.3) is 5.89 Å². The molecule has 2 aliphatic rings.